The number of hydrogen-bond acceptors (Lipinski definition) is 2. The Morgan fingerprint density at radius 3 is 2.88 bits per heavy atom. The average Bonchev–Trinajstić information content (AvgIpc) is 2.72. The van der Waals surface area contributed by atoms with Gasteiger partial charge in [0.15, 0.2) is 0 Å². The van der Waals surface area contributed by atoms with Crippen LogP contribution in [0.2, 0.25) is 0 Å². The van der Waals surface area contributed by atoms with E-state index >= 15 is 0 Å². The van der Waals surface area contributed by atoms with Gasteiger partial charge in [0.2, 0.25) is 0 Å². The Balaban J connectivity index is 2.03. The van der Waals surface area contributed by atoms with Crippen LogP contribution in [0, 0.1) is 5.92 Å². The molecule has 1 aliphatic heterocycles. The fraction of sp³-hybridized carbons (Fsp3) is 0.571. The van der Waals surface area contributed by atoms with Gasteiger partial charge in [-0.3, -0.25) is 0 Å². The maximum Gasteiger partial charge on any atom is 0.122 e. The van der Waals surface area contributed by atoms with Crippen molar-refractivity contribution in [3.8, 4) is 5.75 Å². The molecule has 0 spiro atoms. The molecule has 88 valence electrons. The smallest absolute Gasteiger partial charge is 0.122 e. The number of benzene rings is 1. The highest BCUT2D eigenvalue weighted by Gasteiger charge is 2.15. The predicted octanol–water partition coefficient (Wildman–Crippen LogP) is 3.09. The van der Waals surface area contributed by atoms with E-state index < -0.39 is 0 Å². The van der Waals surface area contributed by atoms with Crippen molar-refractivity contribution in [2.24, 2.45) is 5.92 Å². The summed E-state index contributed by atoms with van der Waals surface area (Å²) in [6.07, 6.45) is 2.56. The van der Waals surface area contributed by atoms with Gasteiger partial charge in [0, 0.05) is 6.42 Å². The van der Waals surface area contributed by atoms with Crippen molar-refractivity contribution in [1.29, 1.82) is 0 Å². The van der Waals surface area contributed by atoms with E-state index in [4.69, 9.17) is 4.74 Å². The predicted molar refractivity (Wildman–Crippen MR) is 64.7 cm³/mol. The molecule has 2 nitrogen and oxygen atoms in total. The largest absolute Gasteiger partial charge is 0.493 e. The molecule has 0 saturated carbocycles. The third-order valence-electron chi connectivity index (χ3n) is 3.12. The summed E-state index contributed by atoms with van der Waals surface area (Å²) in [5, 5.41) is 10.1. The number of hydrogen-bond donors (Lipinski definition) is 1. The van der Waals surface area contributed by atoms with Crippen molar-refractivity contribution >= 4 is 0 Å². The van der Waals surface area contributed by atoms with Gasteiger partial charge in [-0.2, -0.15) is 0 Å². The third kappa shape index (κ3) is 2.56. The zero-order valence-electron chi connectivity index (χ0n) is 10.1. The highest BCUT2D eigenvalue weighted by molar-refractivity contribution is 5.40. The molecule has 1 aliphatic rings. The van der Waals surface area contributed by atoms with E-state index in [1.54, 1.807) is 0 Å². The van der Waals surface area contributed by atoms with Gasteiger partial charge in [-0.25, -0.2) is 0 Å². The Hall–Kier alpha value is -1.02. The normalized spacial score (nSPS) is 16.0. The van der Waals surface area contributed by atoms with Crippen LogP contribution < -0.4 is 4.74 Å². The molecule has 0 radical (unpaired) electrons. The van der Waals surface area contributed by atoms with Gasteiger partial charge in [0.1, 0.15) is 5.75 Å². The number of fused-ring (bicyclic) bond motifs is 1. The summed E-state index contributed by atoms with van der Waals surface area (Å²) in [6, 6.07) is 6.05. The minimum Gasteiger partial charge on any atom is -0.493 e. The van der Waals surface area contributed by atoms with Crippen LogP contribution in [0.15, 0.2) is 18.2 Å². The molecule has 0 amide bonds. The molecular formula is C14H20O2. The number of ether oxygens (including phenoxy) is 1. The van der Waals surface area contributed by atoms with Gasteiger partial charge < -0.3 is 9.84 Å². The molecule has 16 heavy (non-hydrogen) atoms. The third-order valence-corrected chi connectivity index (χ3v) is 3.12. The standard InChI is InChI=1S/C14H20O2/c1-10(2)3-5-13(15)11-4-6-14-12(9-11)7-8-16-14/h4,6,9-10,13,15H,3,5,7-8H2,1-2H3. The van der Waals surface area contributed by atoms with Crippen molar-refractivity contribution in [1.82, 2.24) is 0 Å². The molecular weight excluding hydrogens is 200 g/mol. The fourth-order valence-electron chi connectivity index (χ4n) is 2.07. The highest BCUT2D eigenvalue weighted by atomic mass is 16.5. The van der Waals surface area contributed by atoms with Crippen LogP contribution in [0.25, 0.3) is 0 Å². The van der Waals surface area contributed by atoms with Gasteiger partial charge in [0.05, 0.1) is 12.7 Å². The van der Waals surface area contributed by atoms with Crippen LogP contribution in [0.4, 0.5) is 0 Å². The molecule has 0 aliphatic carbocycles. The zero-order valence-corrected chi connectivity index (χ0v) is 10.1. The lowest BCUT2D eigenvalue weighted by Gasteiger charge is -2.13. The second kappa shape index (κ2) is 4.88. The highest BCUT2D eigenvalue weighted by Crippen LogP contribution is 2.29. The Labute approximate surface area is 97.3 Å². The molecule has 0 aromatic heterocycles. The van der Waals surface area contributed by atoms with Crippen molar-refractivity contribution in [3.05, 3.63) is 29.3 Å². The van der Waals surface area contributed by atoms with Crippen molar-refractivity contribution in [3.63, 3.8) is 0 Å². The minimum absolute atomic E-state index is 0.326. The summed E-state index contributed by atoms with van der Waals surface area (Å²) in [4.78, 5) is 0. The maximum atomic E-state index is 10.1. The molecule has 1 aromatic carbocycles. The van der Waals surface area contributed by atoms with Crippen LogP contribution >= 0.6 is 0 Å². The molecule has 1 atom stereocenters. The molecule has 0 saturated heterocycles. The minimum atomic E-state index is -0.326. The summed E-state index contributed by atoms with van der Waals surface area (Å²) >= 11 is 0. The molecule has 1 aromatic rings. The topological polar surface area (TPSA) is 29.5 Å². The quantitative estimate of drug-likeness (QED) is 0.845. The second-order valence-electron chi connectivity index (χ2n) is 4.95. The van der Waals surface area contributed by atoms with E-state index in [9.17, 15) is 5.11 Å². The molecule has 0 fully saturated rings. The zero-order chi connectivity index (χ0) is 11.5. The van der Waals surface area contributed by atoms with Crippen LogP contribution in [0.1, 0.15) is 43.9 Å². The molecule has 1 heterocycles. The average molecular weight is 220 g/mol. The first kappa shape index (κ1) is 11.5. The Morgan fingerprint density at radius 2 is 2.12 bits per heavy atom. The first-order valence-electron chi connectivity index (χ1n) is 6.10. The summed E-state index contributed by atoms with van der Waals surface area (Å²) < 4.78 is 5.45. The van der Waals surface area contributed by atoms with Crippen molar-refractivity contribution in [2.75, 3.05) is 6.61 Å². The maximum absolute atomic E-state index is 10.1. The lowest BCUT2D eigenvalue weighted by molar-refractivity contribution is 0.159. The SMILES string of the molecule is CC(C)CCC(O)c1ccc2c(c1)CCO2. The Kier molecular flexibility index (Phi) is 3.49. The number of aliphatic hydroxyl groups is 1. The Bertz CT molecular complexity index is 358. The number of rotatable bonds is 4. The Morgan fingerprint density at radius 1 is 1.31 bits per heavy atom. The van der Waals surface area contributed by atoms with E-state index in [2.05, 4.69) is 19.9 Å². The summed E-state index contributed by atoms with van der Waals surface area (Å²) in [5.41, 5.74) is 2.27. The first-order valence-corrected chi connectivity index (χ1v) is 6.10. The summed E-state index contributed by atoms with van der Waals surface area (Å²) in [6.45, 7) is 5.15. The van der Waals surface area contributed by atoms with E-state index in [0.717, 1.165) is 37.2 Å². The van der Waals surface area contributed by atoms with E-state index in [1.165, 1.54) is 5.56 Å². The first-order chi connectivity index (χ1) is 7.66. The van der Waals surface area contributed by atoms with E-state index in [-0.39, 0.29) is 6.10 Å². The van der Waals surface area contributed by atoms with Crippen LogP contribution in [0.5, 0.6) is 5.75 Å². The van der Waals surface area contributed by atoms with Crippen LogP contribution in [0.3, 0.4) is 0 Å². The van der Waals surface area contributed by atoms with Crippen LogP contribution in [-0.4, -0.2) is 11.7 Å². The van der Waals surface area contributed by atoms with Gasteiger partial charge in [-0.1, -0.05) is 19.9 Å². The number of aliphatic hydroxyl groups excluding tert-OH is 1. The summed E-state index contributed by atoms with van der Waals surface area (Å²) in [7, 11) is 0. The summed E-state index contributed by atoms with van der Waals surface area (Å²) in [5.74, 6) is 1.63. The van der Waals surface area contributed by atoms with Crippen molar-refractivity contribution in [2.45, 2.75) is 39.2 Å². The van der Waals surface area contributed by atoms with E-state index in [0.29, 0.717) is 5.92 Å². The lowest BCUT2D eigenvalue weighted by Crippen LogP contribution is -2.00. The van der Waals surface area contributed by atoms with E-state index in [1.807, 2.05) is 12.1 Å². The molecule has 1 N–H and O–H groups in total. The van der Waals surface area contributed by atoms with Crippen LogP contribution in [-0.2, 0) is 6.42 Å². The fourth-order valence-corrected chi connectivity index (χ4v) is 2.07. The monoisotopic (exact) mass is 220 g/mol. The van der Waals surface area contributed by atoms with Gasteiger partial charge in [0.25, 0.3) is 0 Å². The lowest BCUT2D eigenvalue weighted by atomic mass is 9.98. The van der Waals surface area contributed by atoms with Gasteiger partial charge in [-0.05, 0) is 42.0 Å². The molecule has 2 rings (SSSR count). The molecule has 2 heteroatoms. The molecule has 0 bridgehead atoms. The van der Waals surface area contributed by atoms with Gasteiger partial charge in [-0.15, -0.1) is 0 Å². The second-order valence-corrected chi connectivity index (χ2v) is 4.95. The molecule has 1 unspecified atom stereocenters. The van der Waals surface area contributed by atoms with Crippen molar-refractivity contribution < 1.29 is 9.84 Å². The van der Waals surface area contributed by atoms with Gasteiger partial charge >= 0.3 is 0 Å².